The van der Waals surface area contributed by atoms with Gasteiger partial charge in [0.2, 0.25) is 0 Å². The fourth-order valence-corrected chi connectivity index (χ4v) is 1.98. The molecule has 0 spiro atoms. The first kappa shape index (κ1) is 14.0. The number of H-pyrrole nitrogens is 1. The predicted molar refractivity (Wildman–Crippen MR) is 73.9 cm³/mol. The number of likely N-dealkylation sites (N-methyl/N-ethyl adjacent to an activating group) is 1. The lowest BCUT2D eigenvalue weighted by molar-refractivity contribution is 0.287. The Balaban J connectivity index is 0.00000144. The zero-order valence-corrected chi connectivity index (χ0v) is 11.2. The molecule has 0 saturated carbocycles. The van der Waals surface area contributed by atoms with Gasteiger partial charge >= 0.3 is 0 Å². The predicted octanol–water partition coefficient (Wildman–Crippen LogP) is 2.11. The van der Waals surface area contributed by atoms with E-state index in [0.29, 0.717) is 6.61 Å². The lowest BCUT2D eigenvalue weighted by atomic mass is 10.3. The van der Waals surface area contributed by atoms with Crippen LogP contribution >= 0.6 is 24.6 Å². The Kier molecular flexibility index (Phi) is 5.47. The number of hydrogen-bond donors (Lipinski definition) is 2. The van der Waals surface area contributed by atoms with Crippen molar-refractivity contribution in [3.8, 4) is 0 Å². The average Bonchev–Trinajstić information content (AvgIpc) is 2.69. The van der Waals surface area contributed by atoms with E-state index in [9.17, 15) is 0 Å². The van der Waals surface area contributed by atoms with Crippen LogP contribution in [0, 0.1) is 4.77 Å². The molecule has 1 aromatic heterocycles. The van der Waals surface area contributed by atoms with Gasteiger partial charge in [-0.1, -0.05) is 0 Å². The van der Waals surface area contributed by atoms with Crippen LogP contribution in [0.3, 0.4) is 0 Å². The van der Waals surface area contributed by atoms with Gasteiger partial charge in [0.25, 0.3) is 0 Å². The molecule has 0 saturated heterocycles. The molecule has 2 heterocycles. The molecule has 0 bridgehead atoms. The summed E-state index contributed by atoms with van der Waals surface area (Å²) in [5, 5.41) is 3.13. The quantitative estimate of drug-likeness (QED) is 0.826. The second kappa shape index (κ2) is 6.64. The van der Waals surface area contributed by atoms with E-state index in [1.807, 2.05) is 30.0 Å². The molecule has 4 nitrogen and oxygen atoms in total. The summed E-state index contributed by atoms with van der Waals surface area (Å²) >= 11 is 5.27. The summed E-state index contributed by atoms with van der Waals surface area (Å²) in [4.78, 5) is 3.07. The molecule has 0 fully saturated rings. The number of nitrogens with one attached hydrogen (secondary N) is 2. The minimum Gasteiger partial charge on any atom is -0.495 e. The number of nitrogens with zero attached hydrogens (tertiary/aromatic N) is 1. The summed E-state index contributed by atoms with van der Waals surface area (Å²) in [6.07, 6.45) is 8.49. The Labute approximate surface area is 112 Å². The maximum atomic E-state index is 5.27. The largest absolute Gasteiger partial charge is 0.495 e. The van der Waals surface area contributed by atoms with Gasteiger partial charge in [-0.25, -0.2) is 0 Å². The van der Waals surface area contributed by atoms with Gasteiger partial charge in [0.15, 0.2) is 4.77 Å². The van der Waals surface area contributed by atoms with Gasteiger partial charge in [-0.2, -0.15) is 0 Å². The first-order valence-electron chi connectivity index (χ1n) is 5.24. The van der Waals surface area contributed by atoms with Crippen LogP contribution in [0.2, 0.25) is 0 Å². The number of hydrogen-bond acceptors (Lipinski definition) is 3. The van der Waals surface area contributed by atoms with Crippen molar-refractivity contribution in [2.24, 2.45) is 0 Å². The third-order valence-corrected chi connectivity index (χ3v) is 2.77. The summed E-state index contributed by atoms with van der Waals surface area (Å²) in [7, 11) is 1.94. The number of aromatic nitrogens is 2. The molecule has 0 unspecified atom stereocenters. The van der Waals surface area contributed by atoms with Crippen molar-refractivity contribution in [1.82, 2.24) is 14.9 Å². The molecule has 0 radical (unpaired) electrons. The van der Waals surface area contributed by atoms with E-state index in [4.69, 9.17) is 17.0 Å². The van der Waals surface area contributed by atoms with Crippen molar-refractivity contribution in [3.63, 3.8) is 0 Å². The van der Waals surface area contributed by atoms with Crippen molar-refractivity contribution in [3.05, 3.63) is 35.1 Å². The van der Waals surface area contributed by atoms with Gasteiger partial charge in [0.1, 0.15) is 6.61 Å². The molecular weight excluding hydrogens is 258 g/mol. The highest BCUT2D eigenvalue weighted by molar-refractivity contribution is 7.71. The number of allylic oxidation sites excluding steroid dienone is 2. The second-order valence-electron chi connectivity index (χ2n) is 3.57. The van der Waals surface area contributed by atoms with Crippen LogP contribution in [0.4, 0.5) is 0 Å². The van der Waals surface area contributed by atoms with Crippen LogP contribution in [-0.2, 0) is 11.2 Å². The molecule has 0 atom stereocenters. The van der Waals surface area contributed by atoms with Crippen molar-refractivity contribution in [2.75, 3.05) is 20.2 Å². The smallest absolute Gasteiger partial charge is 0.181 e. The lowest BCUT2D eigenvalue weighted by Crippen LogP contribution is -2.14. The number of rotatable bonds is 4. The molecule has 94 valence electrons. The Morgan fingerprint density at radius 1 is 1.59 bits per heavy atom. The first-order chi connectivity index (χ1) is 7.83. The van der Waals surface area contributed by atoms with Crippen molar-refractivity contribution in [2.45, 2.75) is 6.42 Å². The third-order valence-electron chi connectivity index (χ3n) is 2.47. The molecule has 0 aromatic carbocycles. The SMILES string of the molecule is CNCCc1c[nH]c(=S)n1C1=CC=COC1.Cl. The zero-order chi connectivity index (χ0) is 11.4. The normalized spacial score (nSPS) is 13.8. The standard InChI is InChI=1S/C11H15N3OS.ClH/c1-12-5-4-9-7-13-11(16)14(9)10-3-2-6-15-8-10;/h2-3,6-7,12H,4-5,8H2,1H3,(H,13,16);1H. The van der Waals surface area contributed by atoms with Crippen LogP contribution < -0.4 is 5.32 Å². The molecule has 17 heavy (non-hydrogen) atoms. The average molecular weight is 274 g/mol. The van der Waals surface area contributed by atoms with Gasteiger partial charge in [0.05, 0.1) is 12.0 Å². The summed E-state index contributed by atoms with van der Waals surface area (Å²) in [5.41, 5.74) is 2.24. The molecule has 1 aromatic rings. The van der Waals surface area contributed by atoms with E-state index >= 15 is 0 Å². The number of ether oxygens (including phenoxy) is 1. The molecule has 1 aliphatic heterocycles. The molecule has 0 amide bonds. The number of imidazole rings is 1. The minimum atomic E-state index is 0. The van der Waals surface area contributed by atoms with Crippen LogP contribution in [0.1, 0.15) is 5.69 Å². The maximum Gasteiger partial charge on any atom is 0.181 e. The van der Waals surface area contributed by atoms with E-state index in [0.717, 1.165) is 23.4 Å². The summed E-state index contributed by atoms with van der Waals surface area (Å²) in [6, 6.07) is 0. The zero-order valence-electron chi connectivity index (χ0n) is 9.60. The second-order valence-corrected chi connectivity index (χ2v) is 3.96. The van der Waals surface area contributed by atoms with E-state index < -0.39 is 0 Å². The lowest BCUT2D eigenvalue weighted by Gasteiger charge is -2.14. The molecule has 2 N–H and O–H groups in total. The van der Waals surface area contributed by atoms with E-state index in [1.54, 1.807) is 6.26 Å². The fourth-order valence-electron chi connectivity index (χ4n) is 1.68. The van der Waals surface area contributed by atoms with Crippen molar-refractivity contribution < 1.29 is 4.74 Å². The maximum absolute atomic E-state index is 5.27. The van der Waals surface area contributed by atoms with Gasteiger partial charge in [-0.15, -0.1) is 12.4 Å². The van der Waals surface area contributed by atoms with Crippen molar-refractivity contribution >= 4 is 30.3 Å². The molecule has 0 aliphatic carbocycles. The Morgan fingerprint density at radius 2 is 2.41 bits per heavy atom. The highest BCUT2D eigenvalue weighted by Gasteiger charge is 2.09. The van der Waals surface area contributed by atoms with Crippen LogP contribution in [0.15, 0.2) is 24.6 Å². The highest BCUT2D eigenvalue weighted by atomic mass is 35.5. The molecule has 2 rings (SSSR count). The van der Waals surface area contributed by atoms with Gasteiger partial charge in [0, 0.05) is 24.9 Å². The van der Waals surface area contributed by atoms with Crippen LogP contribution in [0.5, 0.6) is 0 Å². The Hall–Kier alpha value is -1.04. The van der Waals surface area contributed by atoms with Crippen LogP contribution in [-0.4, -0.2) is 29.8 Å². The molecular formula is C11H16ClN3OS. The van der Waals surface area contributed by atoms with Gasteiger partial charge < -0.3 is 15.0 Å². The third kappa shape index (κ3) is 3.21. The number of halogens is 1. The minimum absolute atomic E-state index is 0. The Bertz CT molecular complexity index is 475. The molecule has 6 heteroatoms. The summed E-state index contributed by atoms with van der Waals surface area (Å²) < 4.78 is 8.03. The van der Waals surface area contributed by atoms with E-state index in [2.05, 4.69) is 10.3 Å². The fraction of sp³-hybridized carbons (Fsp3) is 0.364. The monoisotopic (exact) mass is 273 g/mol. The molecule has 1 aliphatic rings. The summed E-state index contributed by atoms with van der Waals surface area (Å²) in [5.74, 6) is 0. The Morgan fingerprint density at radius 3 is 3.06 bits per heavy atom. The topological polar surface area (TPSA) is 42.0 Å². The first-order valence-corrected chi connectivity index (χ1v) is 5.65. The number of aromatic amines is 1. The summed E-state index contributed by atoms with van der Waals surface area (Å²) in [6.45, 7) is 1.49. The van der Waals surface area contributed by atoms with Crippen LogP contribution in [0.25, 0.3) is 5.70 Å². The van der Waals surface area contributed by atoms with E-state index in [-0.39, 0.29) is 12.4 Å². The van der Waals surface area contributed by atoms with Gasteiger partial charge in [-0.05, 0) is 31.4 Å². The van der Waals surface area contributed by atoms with E-state index in [1.165, 1.54) is 5.69 Å². The van der Waals surface area contributed by atoms with Crippen molar-refractivity contribution in [1.29, 1.82) is 0 Å². The van der Waals surface area contributed by atoms with Gasteiger partial charge in [-0.3, -0.25) is 4.57 Å². The highest BCUT2D eigenvalue weighted by Crippen LogP contribution is 2.14.